The van der Waals surface area contributed by atoms with Gasteiger partial charge in [0.1, 0.15) is 11.5 Å². The van der Waals surface area contributed by atoms with Gasteiger partial charge in [-0.2, -0.15) is 0 Å². The Morgan fingerprint density at radius 3 is 2.50 bits per heavy atom. The SMILES string of the molecule is COc1ccc(OC)c(NC(=O)c2ccc(Cl)c(N3C(=O)CCS3(=O)=O)c2)c1. The molecule has 1 fully saturated rings. The van der Waals surface area contributed by atoms with Crippen molar-refractivity contribution in [3.8, 4) is 11.5 Å². The van der Waals surface area contributed by atoms with Crippen molar-refractivity contribution in [2.24, 2.45) is 0 Å². The fourth-order valence-electron chi connectivity index (χ4n) is 2.76. The molecule has 1 aliphatic heterocycles. The Hall–Kier alpha value is -2.78. The molecule has 0 unspecified atom stereocenters. The maximum atomic E-state index is 12.7. The summed E-state index contributed by atoms with van der Waals surface area (Å²) in [5.74, 6) is -0.482. The summed E-state index contributed by atoms with van der Waals surface area (Å²) in [5.41, 5.74) is 0.446. The Balaban J connectivity index is 1.95. The molecule has 0 saturated carbocycles. The van der Waals surface area contributed by atoms with Crippen LogP contribution in [-0.4, -0.2) is 40.2 Å². The van der Waals surface area contributed by atoms with E-state index < -0.39 is 21.8 Å². The molecule has 1 N–H and O–H groups in total. The zero-order chi connectivity index (χ0) is 20.5. The van der Waals surface area contributed by atoms with Crippen LogP contribution in [-0.2, 0) is 14.8 Å². The molecule has 1 aliphatic rings. The number of nitrogens with one attached hydrogen (secondary N) is 1. The van der Waals surface area contributed by atoms with Crippen molar-refractivity contribution in [3.63, 3.8) is 0 Å². The van der Waals surface area contributed by atoms with Crippen LogP contribution in [0.4, 0.5) is 11.4 Å². The topological polar surface area (TPSA) is 102 Å². The number of halogens is 1. The van der Waals surface area contributed by atoms with E-state index in [9.17, 15) is 18.0 Å². The summed E-state index contributed by atoms with van der Waals surface area (Å²) < 4.78 is 35.4. The highest BCUT2D eigenvalue weighted by Crippen LogP contribution is 2.34. The van der Waals surface area contributed by atoms with Crippen LogP contribution in [0, 0.1) is 0 Å². The van der Waals surface area contributed by atoms with Gasteiger partial charge in [-0.1, -0.05) is 11.6 Å². The van der Waals surface area contributed by atoms with Crippen molar-refractivity contribution in [1.29, 1.82) is 0 Å². The van der Waals surface area contributed by atoms with E-state index in [1.165, 1.54) is 32.4 Å². The molecule has 10 heteroatoms. The number of amides is 2. The molecule has 2 aromatic carbocycles. The van der Waals surface area contributed by atoms with Crippen LogP contribution in [0.5, 0.6) is 11.5 Å². The largest absolute Gasteiger partial charge is 0.497 e. The molecule has 3 rings (SSSR count). The van der Waals surface area contributed by atoms with Crippen molar-refractivity contribution in [2.45, 2.75) is 6.42 Å². The average Bonchev–Trinajstić information content (AvgIpc) is 2.94. The number of carbonyl (C=O) groups is 2. The second kappa shape index (κ2) is 7.69. The summed E-state index contributed by atoms with van der Waals surface area (Å²) in [4.78, 5) is 24.7. The Morgan fingerprint density at radius 2 is 1.89 bits per heavy atom. The number of methoxy groups -OCH3 is 2. The van der Waals surface area contributed by atoms with Crippen LogP contribution in [0.25, 0.3) is 0 Å². The second-order valence-corrected chi connectivity index (χ2v) is 8.26. The fourth-order valence-corrected chi connectivity index (χ4v) is 4.48. The molecule has 2 aromatic rings. The second-order valence-electron chi connectivity index (χ2n) is 5.91. The number of rotatable bonds is 5. The van der Waals surface area contributed by atoms with Gasteiger partial charge >= 0.3 is 0 Å². The van der Waals surface area contributed by atoms with Gasteiger partial charge in [-0.25, -0.2) is 12.7 Å². The smallest absolute Gasteiger partial charge is 0.255 e. The number of anilines is 2. The molecule has 0 radical (unpaired) electrons. The van der Waals surface area contributed by atoms with Gasteiger partial charge in [0.05, 0.1) is 36.4 Å². The Morgan fingerprint density at radius 1 is 1.14 bits per heavy atom. The molecule has 0 bridgehead atoms. The Labute approximate surface area is 167 Å². The predicted molar refractivity (Wildman–Crippen MR) is 105 cm³/mol. The van der Waals surface area contributed by atoms with Crippen LogP contribution in [0.15, 0.2) is 36.4 Å². The van der Waals surface area contributed by atoms with E-state index in [0.717, 1.165) is 0 Å². The lowest BCUT2D eigenvalue weighted by molar-refractivity contribution is -0.116. The molecule has 2 amide bonds. The van der Waals surface area contributed by atoms with Gasteiger partial charge < -0.3 is 14.8 Å². The van der Waals surface area contributed by atoms with Crippen LogP contribution in [0.3, 0.4) is 0 Å². The van der Waals surface area contributed by atoms with E-state index in [4.69, 9.17) is 21.1 Å². The van der Waals surface area contributed by atoms with Gasteiger partial charge in [-0.3, -0.25) is 9.59 Å². The zero-order valence-electron chi connectivity index (χ0n) is 15.1. The molecule has 0 aromatic heterocycles. The fraction of sp³-hybridized carbons (Fsp3) is 0.222. The van der Waals surface area contributed by atoms with E-state index in [0.29, 0.717) is 21.5 Å². The third-order valence-corrected chi connectivity index (χ3v) is 6.16. The Kier molecular flexibility index (Phi) is 5.48. The molecule has 0 spiro atoms. The van der Waals surface area contributed by atoms with E-state index in [1.807, 2.05) is 0 Å². The van der Waals surface area contributed by atoms with Gasteiger partial charge in [-0.05, 0) is 30.3 Å². The minimum Gasteiger partial charge on any atom is -0.497 e. The van der Waals surface area contributed by atoms with Gasteiger partial charge in [0, 0.05) is 18.1 Å². The molecule has 0 atom stereocenters. The third kappa shape index (κ3) is 3.76. The average molecular weight is 425 g/mol. The summed E-state index contributed by atoms with van der Waals surface area (Å²) in [6.45, 7) is 0. The first-order valence-electron chi connectivity index (χ1n) is 8.15. The summed E-state index contributed by atoms with van der Waals surface area (Å²) in [5, 5.41) is 2.73. The first kappa shape index (κ1) is 20.0. The summed E-state index contributed by atoms with van der Waals surface area (Å²) in [6, 6.07) is 8.97. The lowest BCUT2D eigenvalue weighted by Gasteiger charge is -2.18. The van der Waals surface area contributed by atoms with Crippen molar-refractivity contribution >= 4 is 44.8 Å². The standard InChI is InChI=1S/C18H17ClN2O6S/c1-26-12-4-6-16(27-2)14(10-12)20-18(23)11-3-5-13(19)15(9-11)21-17(22)7-8-28(21,24)25/h3-6,9-10H,7-8H2,1-2H3,(H,20,23). The van der Waals surface area contributed by atoms with Crippen molar-refractivity contribution in [1.82, 2.24) is 0 Å². The lowest BCUT2D eigenvalue weighted by Crippen LogP contribution is -2.30. The molecular weight excluding hydrogens is 408 g/mol. The van der Waals surface area contributed by atoms with Crippen molar-refractivity contribution < 1.29 is 27.5 Å². The number of ether oxygens (including phenoxy) is 2. The summed E-state index contributed by atoms with van der Waals surface area (Å²) in [6.07, 6.45) is -0.129. The highest BCUT2D eigenvalue weighted by molar-refractivity contribution is 7.94. The van der Waals surface area contributed by atoms with Crippen LogP contribution < -0.4 is 19.1 Å². The van der Waals surface area contributed by atoms with Crippen LogP contribution in [0.2, 0.25) is 5.02 Å². The highest BCUT2D eigenvalue weighted by atomic mass is 35.5. The minimum absolute atomic E-state index is 0.0468. The molecule has 28 heavy (non-hydrogen) atoms. The monoisotopic (exact) mass is 424 g/mol. The van der Waals surface area contributed by atoms with Gasteiger partial charge in [0.2, 0.25) is 15.9 Å². The number of hydrogen-bond acceptors (Lipinski definition) is 6. The first-order chi connectivity index (χ1) is 13.3. The molecular formula is C18H17ClN2O6S. The van der Waals surface area contributed by atoms with Crippen molar-refractivity contribution in [3.05, 3.63) is 47.0 Å². The van der Waals surface area contributed by atoms with Crippen LogP contribution >= 0.6 is 11.6 Å². The third-order valence-electron chi connectivity index (χ3n) is 4.16. The van der Waals surface area contributed by atoms with Crippen LogP contribution in [0.1, 0.15) is 16.8 Å². The minimum atomic E-state index is -3.80. The van der Waals surface area contributed by atoms with Gasteiger partial charge in [0.25, 0.3) is 5.91 Å². The predicted octanol–water partition coefficient (Wildman–Crippen LogP) is 2.68. The van der Waals surface area contributed by atoms with Crippen molar-refractivity contribution in [2.75, 3.05) is 29.6 Å². The number of benzene rings is 2. The molecule has 1 saturated heterocycles. The number of nitrogens with zero attached hydrogens (tertiary/aromatic N) is 1. The van der Waals surface area contributed by atoms with E-state index >= 15 is 0 Å². The Bertz CT molecular complexity index is 1050. The molecule has 148 valence electrons. The highest BCUT2D eigenvalue weighted by Gasteiger charge is 2.37. The maximum Gasteiger partial charge on any atom is 0.255 e. The molecule has 1 heterocycles. The molecule has 0 aliphatic carbocycles. The normalized spacial score (nSPS) is 15.4. The van der Waals surface area contributed by atoms with Gasteiger partial charge in [0.15, 0.2) is 0 Å². The van der Waals surface area contributed by atoms with E-state index in [1.54, 1.807) is 18.2 Å². The first-order valence-corrected chi connectivity index (χ1v) is 10.1. The maximum absolute atomic E-state index is 12.7. The quantitative estimate of drug-likeness (QED) is 0.791. The molecule has 8 nitrogen and oxygen atoms in total. The summed E-state index contributed by atoms with van der Waals surface area (Å²) in [7, 11) is -0.849. The lowest BCUT2D eigenvalue weighted by atomic mass is 10.1. The van der Waals surface area contributed by atoms with E-state index in [2.05, 4.69) is 5.32 Å². The number of hydrogen-bond donors (Lipinski definition) is 1. The zero-order valence-corrected chi connectivity index (χ0v) is 16.6. The number of sulfonamides is 1. The van der Waals surface area contributed by atoms with E-state index in [-0.39, 0.29) is 28.4 Å². The van der Waals surface area contributed by atoms with Gasteiger partial charge in [-0.15, -0.1) is 0 Å². The number of carbonyl (C=O) groups excluding carboxylic acids is 2. The summed E-state index contributed by atoms with van der Waals surface area (Å²) >= 11 is 6.09.